The molecule has 0 aliphatic heterocycles. The lowest BCUT2D eigenvalue weighted by atomic mass is 9.99. The number of ketones is 1. The Bertz CT molecular complexity index is 913. The molecule has 0 bridgehead atoms. The molecule has 3 rings (SSSR count). The van der Waals surface area contributed by atoms with Gasteiger partial charge in [0.15, 0.2) is 5.78 Å². The van der Waals surface area contributed by atoms with E-state index >= 15 is 0 Å². The van der Waals surface area contributed by atoms with E-state index in [9.17, 15) is 9.59 Å². The Kier molecular flexibility index (Phi) is 4.95. The lowest BCUT2D eigenvalue weighted by Gasteiger charge is -2.10. The fraction of sp³-hybridized carbons (Fsp3) is 0.100. The Balaban J connectivity index is 1.91. The van der Waals surface area contributed by atoms with Gasteiger partial charge in [-0.15, -0.1) is 11.3 Å². The van der Waals surface area contributed by atoms with Crippen molar-refractivity contribution in [3.8, 4) is 16.2 Å². The third kappa shape index (κ3) is 3.78. The number of Topliss-reactive ketones (excluding diaryl/α,β-unsaturated/α-hetero) is 1. The van der Waals surface area contributed by atoms with E-state index < -0.39 is 5.97 Å². The number of hydrogen-bond acceptors (Lipinski definition) is 4. The van der Waals surface area contributed by atoms with Crippen LogP contribution in [0.5, 0.6) is 5.75 Å². The molecule has 1 aromatic heterocycles. The molecule has 0 spiro atoms. The van der Waals surface area contributed by atoms with E-state index in [0.29, 0.717) is 11.3 Å². The Morgan fingerprint density at radius 3 is 2.52 bits per heavy atom. The fourth-order valence-corrected chi connectivity index (χ4v) is 3.34. The Hall–Kier alpha value is -2.92. The van der Waals surface area contributed by atoms with E-state index in [1.807, 2.05) is 35.7 Å². The number of rotatable bonds is 6. The van der Waals surface area contributed by atoms with Crippen LogP contribution in [-0.4, -0.2) is 24.0 Å². The molecule has 5 heteroatoms. The molecular weight excluding hydrogens is 336 g/mol. The van der Waals surface area contributed by atoms with Gasteiger partial charge in [-0.2, -0.15) is 0 Å². The summed E-state index contributed by atoms with van der Waals surface area (Å²) in [5, 5.41) is 11.1. The predicted molar refractivity (Wildman–Crippen MR) is 97.7 cm³/mol. The molecule has 126 valence electrons. The van der Waals surface area contributed by atoms with E-state index in [-0.39, 0.29) is 17.8 Å². The second-order valence-electron chi connectivity index (χ2n) is 5.49. The van der Waals surface area contributed by atoms with Gasteiger partial charge in [-0.1, -0.05) is 18.2 Å². The van der Waals surface area contributed by atoms with Crippen LogP contribution in [0.4, 0.5) is 0 Å². The minimum absolute atomic E-state index is 0.102. The molecule has 4 nitrogen and oxygen atoms in total. The summed E-state index contributed by atoms with van der Waals surface area (Å²) in [6.07, 6.45) is 0.144. The van der Waals surface area contributed by atoms with E-state index in [2.05, 4.69) is 0 Å². The molecule has 0 fully saturated rings. The molecule has 1 heterocycles. The van der Waals surface area contributed by atoms with Crippen molar-refractivity contribution >= 4 is 23.1 Å². The molecule has 1 N–H and O–H groups in total. The first-order valence-electron chi connectivity index (χ1n) is 7.66. The van der Waals surface area contributed by atoms with Gasteiger partial charge < -0.3 is 9.84 Å². The number of carbonyl (C=O) groups excluding carboxylic acids is 1. The van der Waals surface area contributed by atoms with Crippen LogP contribution >= 0.6 is 11.3 Å². The van der Waals surface area contributed by atoms with E-state index in [1.165, 1.54) is 12.1 Å². The fourth-order valence-electron chi connectivity index (χ4n) is 2.61. The van der Waals surface area contributed by atoms with Gasteiger partial charge in [0.1, 0.15) is 5.75 Å². The van der Waals surface area contributed by atoms with Crippen LogP contribution in [0.2, 0.25) is 0 Å². The summed E-state index contributed by atoms with van der Waals surface area (Å²) < 4.78 is 5.37. The second-order valence-corrected chi connectivity index (χ2v) is 6.44. The van der Waals surface area contributed by atoms with Gasteiger partial charge in [0.25, 0.3) is 0 Å². The highest BCUT2D eigenvalue weighted by Crippen LogP contribution is 2.30. The van der Waals surface area contributed by atoms with Gasteiger partial charge in [-0.05, 0) is 47.3 Å². The van der Waals surface area contributed by atoms with Crippen molar-refractivity contribution in [2.24, 2.45) is 0 Å². The normalized spacial score (nSPS) is 10.4. The number of thiophene rings is 1. The maximum atomic E-state index is 12.6. The Morgan fingerprint density at radius 2 is 1.84 bits per heavy atom. The summed E-state index contributed by atoms with van der Waals surface area (Å²) in [5.74, 6) is -0.556. The summed E-state index contributed by atoms with van der Waals surface area (Å²) in [6.45, 7) is 0. The van der Waals surface area contributed by atoms with Crippen molar-refractivity contribution in [1.82, 2.24) is 0 Å². The lowest BCUT2D eigenvalue weighted by molar-refractivity contribution is 0.0697. The average molecular weight is 352 g/mol. The van der Waals surface area contributed by atoms with Gasteiger partial charge in [-0.3, -0.25) is 4.79 Å². The molecule has 0 aliphatic rings. The number of ether oxygens (including phenoxy) is 1. The SMILES string of the molecule is COc1ccc(-c2cccs2)cc1CC(=O)c1cccc(C(=O)O)c1. The van der Waals surface area contributed by atoms with E-state index in [4.69, 9.17) is 9.84 Å². The van der Waals surface area contributed by atoms with E-state index in [0.717, 1.165) is 16.0 Å². The van der Waals surface area contributed by atoms with Crippen molar-refractivity contribution in [3.63, 3.8) is 0 Å². The second kappa shape index (κ2) is 7.32. The first-order chi connectivity index (χ1) is 12.1. The first kappa shape index (κ1) is 16.9. The molecular formula is C20H16O4S. The van der Waals surface area contributed by atoms with Crippen LogP contribution in [-0.2, 0) is 6.42 Å². The molecule has 2 aromatic carbocycles. The zero-order valence-corrected chi connectivity index (χ0v) is 14.4. The minimum Gasteiger partial charge on any atom is -0.496 e. The van der Waals surface area contributed by atoms with Crippen LogP contribution in [0.25, 0.3) is 10.4 Å². The highest BCUT2D eigenvalue weighted by atomic mass is 32.1. The standard InChI is InChI=1S/C20H16O4S/c1-24-18-8-7-14(19-6-3-9-25-19)11-16(18)12-17(21)13-4-2-5-15(10-13)20(22)23/h2-11H,12H2,1H3,(H,22,23). The van der Waals surface area contributed by atoms with Gasteiger partial charge in [0.2, 0.25) is 0 Å². The third-order valence-electron chi connectivity index (χ3n) is 3.87. The smallest absolute Gasteiger partial charge is 0.335 e. The monoisotopic (exact) mass is 352 g/mol. The number of benzene rings is 2. The summed E-state index contributed by atoms with van der Waals surface area (Å²) in [4.78, 5) is 24.8. The molecule has 0 amide bonds. The van der Waals surface area contributed by atoms with Gasteiger partial charge in [-0.25, -0.2) is 4.79 Å². The predicted octanol–water partition coefficient (Wildman–Crippen LogP) is 4.55. The Morgan fingerprint density at radius 1 is 1.04 bits per heavy atom. The van der Waals surface area contributed by atoms with Crippen molar-refractivity contribution in [2.45, 2.75) is 6.42 Å². The van der Waals surface area contributed by atoms with Gasteiger partial charge in [0.05, 0.1) is 12.7 Å². The molecule has 0 atom stereocenters. The summed E-state index contributed by atoms with van der Waals surface area (Å²) >= 11 is 1.63. The van der Waals surface area contributed by atoms with E-state index in [1.54, 1.807) is 30.6 Å². The number of hydrogen-bond donors (Lipinski definition) is 1. The highest BCUT2D eigenvalue weighted by molar-refractivity contribution is 7.13. The molecule has 0 unspecified atom stereocenters. The third-order valence-corrected chi connectivity index (χ3v) is 4.79. The number of carboxylic acid groups (broad SMARTS) is 1. The topological polar surface area (TPSA) is 63.6 Å². The van der Waals surface area contributed by atoms with Crippen molar-refractivity contribution < 1.29 is 19.4 Å². The van der Waals surface area contributed by atoms with Crippen LogP contribution in [0.15, 0.2) is 60.0 Å². The summed E-state index contributed by atoms with van der Waals surface area (Å²) in [5.41, 5.74) is 2.28. The van der Waals surface area contributed by atoms with Crippen LogP contribution in [0.1, 0.15) is 26.3 Å². The number of carbonyl (C=O) groups is 2. The van der Waals surface area contributed by atoms with Crippen molar-refractivity contribution in [2.75, 3.05) is 7.11 Å². The molecule has 0 saturated carbocycles. The number of methoxy groups -OCH3 is 1. The lowest BCUT2D eigenvalue weighted by Crippen LogP contribution is -2.07. The van der Waals surface area contributed by atoms with Crippen molar-refractivity contribution in [3.05, 3.63) is 76.7 Å². The van der Waals surface area contributed by atoms with Crippen molar-refractivity contribution in [1.29, 1.82) is 0 Å². The van der Waals surface area contributed by atoms with Crippen LogP contribution in [0, 0.1) is 0 Å². The molecule has 0 saturated heterocycles. The molecule has 0 radical (unpaired) electrons. The summed E-state index contributed by atoms with van der Waals surface area (Å²) in [6, 6.07) is 15.8. The van der Waals surface area contributed by atoms with Gasteiger partial charge in [0, 0.05) is 22.4 Å². The van der Waals surface area contributed by atoms with Crippen LogP contribution < -0.4 is 4.74 Å². The average Bonchev–Trinajstić information content (AvgIpc) is 3.16. The molecule has 3 aromatic rings. The zero-order valence-electron chi connectivity index (χ0n) is 13.6. The molecule has 25 heavy (non-hydrogen) atoms. The molecule has 0 aliphatic carbocycles. The first-order valence-corrected chi connectivity index (χ1v) is 8.54. The maximum Gasteiger partial charge on any atom is 0.335 e. The Labute approximate surface area is 149 Å². The number of aromatic carboxylic acids is 1. The quantitative estimate of drug-likeness (QED) is 0.661. The minimum atomic E-state index is -1.05. The highest BCUT2D eigenvalue weighted by Gasteiger charge is 2.14. The zero-order chi connectivity index (χ0) is 17.8. The summed E-state index contributed by atoms with van der Waals surface area (Å²) in [7, 11) is 1.57. The van der Waals surface area contributed by atoms with Crippen LogP contribution in [0.3, 0.4) is 0 Å². The van der Waals surface area contributed by atoms with Gasteiger partial charge >= 0.3 is 5.97 Å². The largest absolute Gasteiger partial charge is 0.496 e. The number of carboxylic acids is 1. The maximum absolute atomic E-state index is 12.6.